The van der Waals surface area contributed by atoms with Crippen LogP contribution in [-0.4, -0.2) is 36.3 Å². The topological polar surface area (TPSA) is 76.3 Å². The Morgan fingerprint density at radius 2 is 2.28 bits per heavy atom. The van der Waals surface area contributed by atoms with Crippen LogP contribution in [0.4, 0.5) is 11.8 Å². The first-order chi connectivity index (χ1) is 8.63. The molecule has 1 aromatic heterocycles. The van der Waals surface area contributed by atoms with Crippen molar-refractivity contribution >= 4 is 11.8 Å². The zero-order chi connectivity index (χ0) is 13.1. The van der Waals surface area contributed by atoms with E-state index < -0.39 is 0 Å². The van der Waals surface area contributed by atoms with Gasteiger partial charge in [0.25, 0.3) is 0 Å². The number of hydrogen-bond acceptors (Lipinski definition) is 6. The van der Waals surface area contributed by atoms with Crippen LogP contribution < -0.4 is 16.2 Å². The number of aromatic nitrogens is 2. The van der Waals surface area contributed by atoms with E-state index in [1.165, 1.54) is 0 Å². The van der Waals surface area contributed by atoms with Crippen LogP contribution in [0.15, 0.2) is 6.07 Å². The van der Waals surface area contributed by atoms with E-state index in [9.17, 15) is 0 Å². The number of nitrogens with two attached hydrogens (primary N) is 1. The van der Waals surface area contributed by atoms with E-state index >= 15 is 0 Å². The Hall–Kier alpha value is -1.40. The number of nitrogens with one attached hydrogen (secondary N) is 1. The largest absolute Gasteiger partial charge is 0.379 e. The molecule has 0 aromatic carbocycles. The highest BCUT2D eigenvalue weighted by molar-refractivity contribution is 5.45. The standard InChI is InChI=1S/C12H21N5O/c1-8-4-5-17(7-10(8)18-3)11-6-9(2)14-12(15-11)16-13/h6,8,10H,4-5,7,13H2,1-3H3,(H,14,15,16). The van der Waals surface area contributed by atoms with E-state index in [0.29, 0.717) is 11.9 Å². The van der Waals surface area contributed by atoms with Gasteiger partial charge < -0.3 is 9.64 Å². The summed E-state index contributed by atoms with van der Waals surface area (Å²) in [5.41, 5.74) is 3.40. The first-order valence-electron chi connectivity index (χ1n) is 6.24. The van der Waals surface area contributed by atoms with Crippen molar-refractivity contribution < 1.29 is 4.74 Å². The highest BCUT2D eigenvalue weighted by Crippen LogP contribution is 2.24. The third-order valence-corrected chi connectivity index (χ3v) is 3.49. The maximum atomic E-state index is 5.52. The van der Waals surface area contributed by atoms with E-state index in [0.717, 1.165) is 31.0 Å². The molecule has 6 nitrogen and oxygen atoms in total. The number of ether oxygens (including phenoxy) is 1. The molecule has 0 bridgehead atoms. The van der Waals surface area contributed by atoms with Gasteiger partial charge in [-0.25, -0.2) is 10.8 Å². The minimum Gasteiger partial charge on any atom is -0.379 e. The van der Waals surface area contributed by atoms with Gasteiger partial charge in [0.05, 0.1) is 6.10 Å². The molecule has 6 heteroatoms. The Kier molecular flexibility index (Phi) is 3.98. The van der Waals surface area contributed by atoms with Gasteiger partial charge >= 0.3 is 0 Å². The van der Waals surface area contributed by atoms with Gasteiger partial charge in [-0.1, -0.05) is 6.92 Å². The molecule has 2 unspecified atom stereocenters. The normalized spacial score (nSPS) is 24.1. The molecule has 0 saturated carbocycles. The first-order valence-corrected chi connectivity index (χ1v) is 6.24. The van der Waals surface area contributed by atoms with Crippen molar-refractivity contribution in [2.24, 2.45) is 11.8 Å². The number of methoxy groups -OCH3 is 1. The fourth-order valence-corrected chi connectivity index (χ4v) is 2.33. The van der Waals surface area contributed by atoms with Gasteiger partial charge in [-0.05, 0) is 19.3 Å². The number of nitrogens with zero attached hydrogens (tertiary/aromatic N) is 3. The molecular weight excluding hydrogens is 230 g/mol. The van der Waals surface area contributed by atoms with Crippen molar-refractivity contribution in [1.29, 1.82) is 0 Å². The molecule has 2 heterocycles. The van der Waals surface area contributed by atoms with Crippen LogP contribution in [0.1, 0.15) is 19.0 Å². The number of anilines is 2. The van der Waals surface area contributed by atoms with Crippen LogP contribution >= 0.6 is 0 Å². The van der Waals surface area contributed by atoms with Gasteiger partial charge in [0.15, 0.2) is 0 Å². The third kappa shape index (κ3) is 2.70. The molecule has 2 atom stereocenters. The minimum absolute atomic E-state index is 0.253. The fourth-order valence-electron chi connectivity index (χ4n) is 2.33. The zero-order valence-corrected chi connectivity index (χ0v) is 11.2. The average Bonchev–Trinajstić information content (AvgIpc) is 2.38. The van der Waals surface area contributed by atoms with Gasteiger partial charge in [0.1, 0.15) is 5.82 Å². The molecule has 18 heavy (non-hydrogen) atoms. The molecule has 0 aliphatic carbocycles. The predicted molar refractivity (Wildman–Crippen MR) is 71.4 cm³/mol. The Morgan fingerprint density at radius 1 is 1.50 bits per heavy atom. The maximum absolute atomic E-state index is 5.52. The lowest BCUT2D eigenvalue weighted by Gasteiger charge is -2.37. The number of hydrogen-bond donors (Lipinski definition) is 2. The summed E-state index contributed by atoms with van der Waals surface area (Å²) in [4.78, 5) is 10.8. The molecule has 1 fully saturated rings. The lowest BCUT2D eigenvalue weighted by Crippen LogP contribution is -2.44. The highest BCUT2D eigenvalue weighted by Gasteiger charge is 2.27. The van der Waals surface area contributed by atoms with Crippen LogP contribution in [0, 0.1) is 12.8 Å². The second-order valence-electron chi connectivity index (χ2n) is 4.82. The molecule has 100 valence electrons. The molecule has 0 radical (unpaired) electrons. The third-order valence-electron chi connectivity index (χ3n) is 3.49. The summed E-state index contributed by atoms with van der Waals surface area (Å²) in [6.45, 7) is 6.01. The lowest BCUT2D eigenvalue weighted by atomic mass is 9.96. The van der Waals surface area contributed by atoms with Crippen molar-refractivity contribution in [1.82, 2.24) is 9.97 Å². The number of aryl methyl sites for hydroxylation is 1. The Bertz CT molecular complexity index is 411. The highest BCUT2D eigenvalue weighted by atomic mass is 16.5. The molecular formula is C12H21N5O. The molecule has 2 rings (SSSR count). The number of hydrazine groups is 1. The minimum atomic E-state index is 0.253. The maximum Gasteiger partial charge on any atom is 0.239 e. The Labute approximate surface area is 108 Å². The molecule has 1 saturated heterocycles. The molecule has 0 amide bonds. The van der Waals surface area contributed by atoms with Gasteiger partial charge in [-0.3, -0.25) is 5.43 Å². The first kappa shape index (κ1) is 13.0. The summed E-state index contributed by atoms with van der Waals surface area (Å²) >= 11 is 0. The second kappa shape index (κ2) is 5.49. The Morgan fingerprint density at radius 3 is 2.94 bits per heavy atom. The summed E-state index contributed by atoms with van der Waals surface area (Å²) in [7, 11) is 1.77. The van der Waals surface area contributed by atoms with Crippen LogP contribution in [0.3, 0.4) is 0 Å². The molecule has 1 aromatic rings. The summed E-state index contributed by atoms with van der Waals surface area (Å²) in [5.74, 6) is 7.32. The van der Waals surface area contributed by atoms with Crippen molar-refractivity contribution in [3.63, 3.8) is 0 Å². The summed E-state index contributed by atoms with van der Waals surface area (Å²) in [6.07, 6.45) is 1.36. The van der Waals surface area contributed by atoms with Gasteiger partial charge in [-0.15, -0.1) is 0 Å². The van der Waals surface area contributed by atoms with E-state index in [1.54, 1.807) is 7.11 Å². The summed E-state index contributed by atoms with van der Waals surface area (Å²) in [6, 6.07) is 1.98. The van der Waals surface area contributed by atoms with Crippen molar-refractivity contribution in [3.05, 3.63) is 11.8 Å². The van der Waals surface area contributed by atoms with Gasteiger partial charge in [-0.2, -0.15) is 4.98 Å². The molecule has 1 aliphatic rings. The van der Waals surface area contributed by atoms with Gasteiger partial charge in [0, 0.05) is 32.0 Å². The fraction of sp³-hybridized carbons (Fsp3) is 0.667. The van der Waals surface area contributed by atoms with Crippen molar-refractivity contribution in [2.75, 3.05) is 30.5 Å². The van der Waals surface area contributed by atoms with Gasteiger partial charge in [0.2, 0.25) is 5.95 Å². The van der Waals surface area contributed by atoms with E-state index in [1.807, 2.05) is 13.0 Å². The number of piperidine rings is 1. The van der Waals surface area contributed by atoms with Crippen LogP contribution in [0.2, 0.25) is 0 Å². The van der Waals surface area contributed by atoms with Crippen molar-refractivity contribution in [2.45, 2.75) is 26.4 Å². The summed E-state index contributed by atoms with van der Waals surface area (Å²) < 4.78 is 5.52. The smallest absolute Gasteiger partial charge is 0.239 e. The lowest BCUT2D eigenvalue weighted by molar-refractivity contribution is 0.0496. The van der Waals surface area contributed by atoms with E-state index in [2.05, 4.69) is 27.2 Å². The van der Waals surface area contributed by atoms with E-state index in [4.69, 9.17) is 10.6 Å². The predicted octanol–water partition coefficient (Wildman–Crippen LogP) is 0.932. The molecule has 1 aliphatic heterocycles. The van der Waals surface area contributed by atoms with Crippen LogP contribution in [-0.2, 0) is 4.74 Å². The molecule has 3 N–H and O–H groups in total. The van der Waals surface area contributed by atoms with Crippen LogP contribution in [0.25, 0.3) is 0 Å². The quantitative estimate of drug-likeness (QED) is 0.615. The second-order valence-corrected chi connectivity index (χ2v) is 4.82. The number of nitrogen functional groups attached to an aromatic ring is 1. The molecule has 0 spiro atoms. The summed E-state index contributed by atoms with van der Waals surface area (Å²) in [5, 5.41) is 0. The monoisotopic (exact) mass is 251 g/mol. The Balaban J connectivity index is 2.18. The number of rotatable bonds is 3. The van der Waals surface area contributed by atoms with Crippen LogP contribution in [0.5, 0.6) is 0 Å². The average molecular weight is 251 g/mol. The van der Waals surface area contributed by atoms with Crippen molar-refractivity contribution in [3.8, 4) is 0 Å². The SMILES string of the molecule is COC1CN(c2cc(C)nc(NN)n2)CCC1C. The van der Waals surface area contributed by atoms with E-state index in [-0.39, 0.29) is 6.10 Å². The zero-order valence-electron chi connectivity index (χ0n) is 11.2.